The molecule has 0 heterocycles. The molecule has 0 aliphatic carbocycles. The third-order valence-electron chi connectivity index (χ3n) is 2.40. The van der Waals surface area contributed by atoms with E-state index in [2.05, 4.69) is 17.2 Å². The van der Waals surface area contributed by atoms with E-state index < -0.39 is 0 Å². The van der Waals surface area contributed by atoms with Gasteiger partial charge in [-0.1, -0.05) is 19.1 Å². The molecule has 0 saturated heterocycles. The first-order chi connectivity index (χ1) is 8.61. The second-order valence-electron chi connectivity index (χ2n) is 4.40. The number of hydrogen-bond donors (Lipinski definition) is 2. The lowest BCUT2D eigenvalue weighted by molar-refractivity contribution is 0.230. The molecule has 5 heteroatoms. The van der Waals surface area contributed by atoms with Crippen LogP contribution in [0.15, 0.2) is 29.3 Å². The molecular weight excluding hydrogens is 353 g/mol. The first-order valence-electron chi connectivity index (χ1n) is 6.39. The summed E-state index contributed by atoms with van der Waals surface area (Å²) in [5, 5.41) is 3.03. The largest absolute Gasteiger partial charge is 0.489 e. The van der Waals surface area contributed by atoms with Crippen molar-refractivity contribution in [2.75, 3.05) is 13.1 Å². The van der Waals surface area contributed by atoms with Gasteiger partial charge in [-0.2, -0.15) is 0 Å². The first kappa shape index (κ1) is 18.0. The molecule has 1 rings (SSSR count). The van der Waals surface area contributed by atoms with Crippen LogP contribution < -0.4 is 15.8 Å². The molecule has 1 aromatic carbocycles. The summed E-state index contributed by atoms with van der Waals surface area (Å²) in [6, 6.07) is 7.99. The molecule has 0 saturated carbocycles. The van der Waals surface area contributed by atoms with Crippen molar-refractivity contribution in [2.24, 2.45) is 10.7 Å². The van der Waals surface area contributed by atoms with Crippen LogP contribution in [0.25, 0.3) is 0 Å². The Labute approximate surface area is 132 Å². The van der Waals surface area contributed by atoms with Gasteiger partial charge in [-0.3, -0.25) is 0 Å². The van der Waals surface area contributed by atoms with Crippen LogP contribution in [0.1, 0.15) is 25.8 Å². The van der Waals surface area contributed by atoms with E-state index in [9.17, 15) is 0 Å². The minimum Gasteiger partial charge on any atom is -0.489 e. The molecule has 4 nitrogen and oxygen atoms in total. The predicted octanol–water partition coefficient (Wildman–Crippen LogP) is 2.69. The molecule has 1 unspecified atom stereocenters. The molecule has 108 valence electrons. The summed E-state index contributed by atoms with van der Waals surface area (Å²) in [6.07, 6.45) is 1.04. The molecule has 19 heavy (non-hydrogen) atoms. The van der Waals surface area contributed by atoms with Gasteiger partial charge in [0.15, 0.2) is 5.96 Å². The van der Waals surface area contributed by atoms with Gasteiger partial charge in [0.25, 0.3) is 0 Å². The Balaban J connectivity index is 0.00000324. The number of guanidine groups is 1. The fourth-order valence-electron chi connectivity index (χ4n) is 1.49. The number of nitrogens with zero attached hydrogens (tertiary/aromatic N) is 1. The first-order valence-corrected chi connectivity index (χ1v) is 6.39. The summed E-state index contributed by atoms with van der Waals surface area (Å²) in [6.45, 7) is 7.52. The molecule has 0 bridgehead atoms. The Kier molecular flexibility index (Phi) is 9.38. The Morgan fingerprint density at radius 1 is 1.47 bits per heavy atom. The summed E-state index contributed by atoms with van der Waals surface area (Å²) in [5.74, 6) is 1.36. The molecule has 0 aromatic heterocycles. The summed E-state index contributed by atoms with van der Waals surface area (Å²) in [5.41, 5.74) is 6.90. The molecule has 3 N–H and O–H groups in total. The van der Waals surface area contributed by atoms with Crippen molar-refractivity contribution in [3.8, 4) is 5.75 Å². The second kappa shape index (κ2) is 9.89. The van der Waals surface area contributed by atoms with Crippen LogP contribution in [0.5, 0.6) is 5.75 Å². The molecule has 0 amide bonds. The number of rotatable bonds is 6. The molecule has 0 radical (unpaired) electrons. The smallest absolute Gasteiger partial charge is 0.188 e. The lowest BCUT2D eigenvalue weighted by Crippen LogP contribution is -2.33. The van der Waals surface area contributed by atoms with Gasteiger partial charge >= 0.3 is 0 Å². The normalized spacial score (nSPS) is 12.5. The van der Waals surface area contributed by atoms with E-state index in [-0.39, 0.29) is 30.1 Å². The van der Waals surface area contributed by atoms with Crippen molar-refractivity contribution in [2.45, 2.75) is 33.3 Å². The third-order valence-corrected chi connectivity index (χ3v) is 2.40. The highest BCUT2D eigenvalue weighted by Gasteiger charge is 2.03. The van der Waals surface area contributed by atoms with Crippen LogP contribution >= 0.6 is 24.0 Å². The van der Waals surface area contributed by atoms with Crippen molar-refractivity contribution in [1.82, 2.24) is 5.32 Å². The number of hydrogen-bond acceptors (Lipinski definition) is 2. The summed E-state index contributed by atoms with van der Waals surface area (Å²) >= 11 is 0. The van der Waals surface area contributed by atoms with Crippen molar-refractivity contribution < 1.29 is 4.74 Å². The fraction of sp³-hybridized carbons (Fsp3) is 0.500. The number of halogens is 1. The highest BCUT2D eigenvalue weighted by molar-refractivity contribution is 14.0. The Hall–Kier alpha value is -0.980. The van der Waals surface area contributed by atoms with E-state index in [0.29, 0.717) is 12.5 Å². The van der Waals surface area contributed by atoms with Crippen molar-refractivity contribution in [3.63, 3.8) is 0 Å². The van der Waals surface area contributed by atoms with Gasteiger partial charge in [0.2, 0.25) is 0 Å². The zero-order valence-corrected chi connectivity index (χ0v) is 14.2. The standard InChI is InChI=1S/C14H23N3O.HI/c1-4-8-16-14(15)17-10-12(3)18-13-7-5-6-11(2)9-13;/h5-7,9,12H,4,8,10H2,1-3H3,(H3,15,16,17);1H. The van der Waals surface area contributed by atoms with Crippen molar-refractivity contribution in [3.05, 3.63) is 29.8 Å². The SMILES string of the molecule is CCCNC(N)=NCC(C)Oc1cccc(C)c1.I. The van der Waals surface area contributed by atoms with E-state index in [1.807, 2.05) is 38.1 Å². The predicted molar refractivity (Wildman–Crippen MR) is 91.5 cm³/mol. The maximum Gasteiger partial charge on any atom is 0.188 e. The molecule has 0 fully saturated rings. The van der Waals surface area contributed by atoms with E-state index in [1.54, 1.807) is 0 Å². The Morgan fingerprint density at radius 3 is 2.84 bits per heavy atom. The van der Waals surface area contributed by atoms with Crippen LogP contribution in [0.3, 0.4) is 0 Å². The maximum atomic E-state index is 5.76. The zero-order chi connectivity index (χ0) is 13.4. The van der Waals surface area contributed by atoms with Crippen LogP contribution in [0.4, 0.5) is 0 Å². The zero-order valence-electron chi connectivity index (χ0n) is 11.8. The summed E-state index contributed by atoms with van der Waals surface area (Å²) < 4.78 is 5.76. The minimum atomic E-state index is 0. The van der Waals surface area contributed by atoms with Crippen molar-refractivity contribution >= 4 is 29.9 Å². The van der Waals surface area contributed by atoms with E-state index in [0.717, 1.165) is 18.7 Å². The average Bonchev–Trinajstić information content (AvgIpc) is 2.34. The highest BCUT2D eigenvalue weighted by atomic mass is 127. The van der Waals surface area contributed by atoms with Gasteiger partial charge in [0.05, 0.1) is 6.54 Å². The number of aryl methyl sites for hydroxylation is 1. The van der Waals surface area contributed by atoms with E-state index >= 15 is 0 Å². The van der Waals surface area contributed by atoms with Gasteiger partial charge in [-0.25, -0.2) is 4.99 Å². The minimum absolute atomic E-state index is 0. The Bertz CT molecular complexity index is 396. The average molecular weight is 377 g/mol. The monoisotopic (exact) mass is 377 g/mol. The van der Waals surface area contributed by atoms with Gasteiger partial charge in [-0.15, -0.1) is 24.0 Å². The van der Waals surface area contributed by atoms with Gasteiger partial charge in [0, 0.05) is 6.54 Å². The molecule has 1 aromatic rings. The fourth-order valence-corrected chi connectivity index (χ4v) is 1.49. The maximum absolute atomic E-state index is 5.76. The quantitative estimate of drug-likeness (QED) is 0.455. The summed E-state index contributed by atoms with van der Waals surface area (Å²) in [7, 11) is 0. The number of benzene rings is 1. The number of nitrogens with two attached hydrogens (primary N) is 1. The Morgan fingerprint density at radius 2 is 2.21 bits per heavy atom. The number of ether oxygens (including phenoxy) is 1. The lowest BCUT2D eigenvalue weighted by Gasteiger charge is -2.13. The van der Waals surface area contributed by atoms with Crippen LogP contribution in [-0.2, 0) is 0 Å². The number of aliphatic imine (C=N–C) groups is 1. The number of nitrogens with one attached hydrogen (secondary N) is 1. The van der Waals surface area contributed by atoms with Crippen LogP contribution in [0.2, 0.25) is 0 Å². The molecule has 0 aliphatic rings. The second-order valence-corrected chi connectivity index (χ2v) is 4.40. The van der Waals surface area contributed by atoms with E-state index in [4.69, 9.17) is 10.5 Å². The topological polar surface area (TPSA) is 59.6 Å². The van der Waals surface area contributed by atoms with Gasteiger partial charge in [-0.05, 0) is 38.0 Å². The van der Waals surface area contributed by atoms with Gasteiger partial charge < -0.3 is 15.8 Å². The van der Waals surface area contributed by atoms with Gasteiger partial charge in [0.1, 0.15) is 11.9 Å². The highest BCUT2D eigenvalue weighted by Crippen LogP contribution is 2.14. The molecule has 1 atom stereocenters. The van der Waals surface area contributed by atoms with Crippen LogP contribution in [0, 0.1) is 6.92 Å². The lowest BCUT2D eigenvalue weighted by atomic mass is 10.2. The molecular formula is C14H24IN3O. The van der Waals surface area contributed by atoms with Crippen LogP contribution in [-0.4, -0.2) is 25.2 Å². The molecule has 0 aliphatic heterocycles. The van der Waals surface area contributed by atoms with Crippen molar-refractivity contribution in [1.29, 1.82) is 0 Å². The third kappa shape index (κ3) is 7.92. The van der Waals surface area contributed by atoms with E-state index in [1.165, 1.54) is 5.56 Å². The molecule has 0 spiro atoms. The summed E-state index contributed by atoms with van der Waals surface area (Å²) in [4.78, 5) is 4.24.